The van der Waals surface area contributed by atoms with Crippen molar-refractivity contribution < 1.29 is 5.11 Å². The lowest BCUT2D eigenvalue weighted by Gasteiger charge is -2.17. The van der Waals surface area contributed by atoms with E-state index in [9.17, 15) is 5.11 Å². The molecule has 0 fully saturated rings. The Morgan fingerprint density at radius 2 is 0.688 bits per heavy atom. The number of aryl methyl sites for hydroxylation is 2. The number of rotatable bonds is 31. The molecule has 0 aliphatic rings. The summed E-state index contributed by atoms with van der Waals surface area (Å²) in [6.07, 6.45) is 30.0. The van der Waals surface area contributed by atoms with Crippen LogP contribution in [0, 0.1) is 47.3 Å². The molecule has 0 amide bonds. The van der Waals surface area contributed by atoms with Gasteiger partial charge in [0.15, 0.2) is 0 Å². The van der Waals surface area contributed by atoms with Gasteiger partial charge in [-0.05, 0) is 89.7 Å². The van der Waals surface area contributed by atoms with E-state index < -0.39 is 0 Å². The molecule has 48 heavy (non-hydrogen) atoms. The predicted molar refractivity (Wildman–Crippen MR) is 217 cm³/mol. The highest BCUT2D eigenvalue weighted by Crippen LogP contribution is 2.26. The molecule has 282 valence electrons. The monoisotopic (exact) mass is 669 g/mol. The van der Waals surface area contributed by atoms with Crippen LogP contribution < -0.4 is 0 Å². The quantitative estimate of drug-likeness (QED) is 0.0835. The summed E-state index contributed by atoms with van der Waals surface area (Å²) >= 11 is 0. The number of hydrogen-bond acceptors (Lipinski definition) is 1. The zero-order chi connectivity index (χ0) is 35.7. The molecule has 1 rings (SSSR count). The number of aliphatic hydroxyl groups excluding tert-OH is 1. The van der Waals surface area contributed by atoms with E-state index in [-0.39, 0.29) is 6.61 Å². The average Bonchev–Trinajstić information content (AvgIpc) is 3.02. The molecule has 0 spiro atoms. The summed E-state index contributed by atoms with van der Waals surface area (Å²) in [4.78, 5) is 0. The Kier molecular flexibility index (Phi) is 26.2. The summed E-state index contributed by atoms with van der Waals surface area (Å²) in [5.41, 5.74) is 4.01. The van der Waals surface area contributed by atoms with Gasteiger partial charge in [-0.1, -0.05) is 203 Å². The first-order valence-corrected chi connectivity index (χ1v) is 21.6. The first kappa shape index (κ1) is 45.2. The van der Waals surface area contributed by atoms with Gasteiger partial charge >= 0.3 is 0 Å². The van der Waals surface area contributed by atoms with Gasteiger partial charge in [-0.3, -0.25) is 0 Å². The Labute approximate surface area is 303 Å². The molecule has 0 aliphatic carbocycles. The van der Waals surface area contributed by atoms with Crippen LogP contribution >= 0.6 is 0 Å². The Bertz CT molecular complexity index is 870. The summed E-state index contributed by atoms with van der Waals surface area (Å²) in [7, 11) is 0. The van der Waals surface area contributed by atoms with Gasteiger partial charge in [-0.2, -0.15) is 0 Å². The second-order valence-electron chi connectivity index (χ2n) is 18.3. The van der Waals surface area contributed by atoms with Crippen molar-refractivity contribution in [1.29, 1.82) is 0 Å². The van der Waals surface area contributed by atoms with Crippen LogP contribution in [0.1, 0.15) is 214 Å². The van der Waals surface area contributed by atoms with Crippen molar-refractivity contribution in [2.75, 3.05) is 0 Å². The van der Waals surface area contributed by atoms with E-state index in [1.54, 1.807) is 0 Å². The predicted octanol–water partition coefficient (Wildman–Crippen LogP) is 15.2. The van der Waals surface area contributed by atoms with E-state index in [2.05, 4.69) is 87.4 Å². The van der Waals surface area contributed by atoms with Crippen molar-refractivity contribution in [3.8, 4) is 0 Å². The molecule has 2 unspecified atom stereocenters. The van der Waals surface area contributed by atoms with E-state index in [0.717, 1.165) is 59.3 Å². The largest absolute Gasteiger partial charge is 0.392 e. The standard InChI is InChI=1S/C47H88O/c1-37(2)17-11-19-39(5)21-13-23-41(7)25-15-27-43(9)29-31-45-32-34-47(36-48)46(35-45)33-30-44(10)28-16-26-42(8)24-14-22-40(6)20-12-18-38(3)4/h32,34-35,37-44,48H,11-31,33,36H2,1-10H3/t39-,40-,41-,42-,43?,44?/m1/s1. The number of aliphatic hydroxyl groups is 1. The fourth-order valence-electron chi connectivity index (χ4n) is 7.91. The summed E-state index contributed by atoms with van der Waals surface area (Å²) < 4.78 is 0. The molecular formula is C47H88O. The van der Waals surface area contributed by atoms with Gasteiger partial charge in [0.25, 0.3) is 0 Å². The van der Waals surface area contributed by atoms with Crippen LogP contribution in [0.25, 0.3) is 0 Å². The molecule has 0 aliphatic heterocycles. The summed E-state index contributed by atoms with van der Waals surface area (Å²) in [6.45, 7) is 24.4. The molecule has 0 aromatic heterocycles. The van der Waals surface area contributed by atoms with Gasteiger partial charge in [0.2, 0.25) is 0 Å². The Balaban J connectivity index is 2.27. The summed E-state index contributed by atoms with van der Waals surface area (Å²) in [5, 5.41) is 10.0. The second kappa shape index (κ2) is 27.8. The third-order valence-corrected chi connectivity index (χ3v) is 11.8. The van der Waals surface area contributed by atoms with Gasteiger partial charge in [0.1, 0.15) is 0 Å². The van der Waals surface area contributed by atoms with E-state index in [1.807, 2.05) is 0 Å². The normalized spacial score (nSPS) is 15.9. The van der Waals surface area contributed by atoms with Crippen LogP contribution in [0.5, 0.6) is 0 Å². The topological polar surface area (TPSA) is 20.2 Å². The van der Waals surface area contributed by atoms with E-state index in [4.69, 9.17) is 0 Å². The Morgan fingerprint density at radius 3 is 1.02 bits per heavy atom. The Hall–Kier alpha value is -0.820. The molecule has 1 heteroatoms. The number of benzene rings is 1. The van der Waals surface area contributed by atoms with E-state index in [0.29, 0.717) is 0 Å². The molecule has 1 aromatic rings. The van der Waals surface area contributed by atoms with Crippen molar-refractivity contribution in [3.63, 3.8) is 0 Å². The summed E-state index contributed by atoms with van der Waals surface area (Å²) in [5.74, 6) is 6.81. The highest BCUT2D eigenvalue weighted by atomic mass is 16.3. The zero-order valence-electron chi connectivity index (χ0n) is 34.6. The minimum Gasteiger partial charge on any atom is -0.392 e. The third kappa shape index (κ3) is 24.3. The fraction of sp³-hybridized carbons (Fsp3) is 0.872. The zero-order valence-corrected chi connectivity index (χ0v) is 34.6. The van der Waals surface area contributed by atoms with Gasteiger partial charge in [0, 0.05) is 0 Å². The van der Waals surface area contributed by atoms with Crippen molar-refractivity contribution in [3.05, 3.63) is 34.9 Å². The lowest BCUT2D eigenvalue weighted by molar-refractivity contribution is 0.280. The molecule has 0 saturated heterocycles. The molecule has 0 saturated carbocycles. The van der Waals surface area contributed by atoms with Crippen molar-refractivity contribution >= 4 is 0 Å². The van der Waals surface area contributed by atoms with Crippen LogP contribution in [0.2, 0.25) is 0 Å². The van der Waals surface area contributed by atoms with E-state index >= 15 is 0 Å². The minimum atomic E-state index is 0.170. The molecular weight excluding hydrogens is 581 g/mol. The van der Waals surface area contributed by atoms with Crippen molar-refractivity contribution in [2.24, 2.45) is 47.3 Å². The first-order chi connectivity index (χ1) is 22.9. The van der Waals surface area contributed by atoms with E-state index in [1.165, 1.54) is 146 Å². The first-order valence-electron chi connectivity index (χ1n) is 21.6. The van der Waals surface area contributed by atoms with Crippen LogP contribution in [0.4, 0.5) is 0 Å². The molecule has 6 atom stereocenters. The highest BCUT2D eigenvalue weighted by Gasteiger charge is 2.12. The molecule has 0 radical (unpaired) electrons. The summed E-state index contributed by atoms with van der Waals surface area (Å²) in [6, 6.07) is 6.92. The lowest BCUT2D eigenvalue weighted by Crippen LogP contribution is -2.04. The smallest absolute Gasteiger partial charge is 0.0684 e. The fourth-order valence-corrected chi connectivity index (χ4v) is 7.91. The van der Waals surface area contributed by atoms with Gasteiger partial charge in [0.05, 0.1) is 6.61 Å². The van der Waals surface area contributed by atoms with Gasteiger partial charge < -0.3 is 5.11 Å². The maximum Gasteiger partial charge on any atom is 0.0684 e. The van der Waals surface area contributed by atoms with Crippen molar-refractivity contribution in [2.45, 2.75) is 217 Å². The van der Waals surface area contributed by atoms with Crippen molar-refractivity contribution in [1.82, 2.24) is 0 Å². The maximum atomic E-state index is 10.0. The molecule has 1 N–H and O–H groups in total. The highest BCUT2D eigenvalue weighted by molar-refractivity contribution is 5.32. The van der Waals surface area contributed by atoms with Gasteiger partial charge in [-0.15, -0.1) is 0 Å². The third-order valence-electron chi connectivity index (χ3n) is 11.8. The second-order valence-corrected chi connectivity index (χ2v) is 18.3. The molecule has 0 bridgehead atoms. The minimum absolute atomic E-state index is 0.170. The lowest BCUT2D eigenvalue weighted by atomic mass is 9.89. The van der Waals surface area contributed by atoms with Crippen LogP contribution in [-0.4, -0.2) is 5.11 Å². The van der Waals surface area contributed by atoms with Crippen LogP contribution in [0.15, 0.2) is 18.2 Å². The average molecular weight is 669 g/mol. The Morgan fingerprint density at radius 1 is 0.375 bits per heavy atom. The maximum absolute atomic E-state index is 10.0. The number of hydrogen-bond donors (Lipinski definition) is 1. The molecule has 1 nitrogen and oxygen atoms in total. The van der Waals surface area contributed by atoms with Gasteiger partial charge in [-0.25, -0.2) is 0 Å². The van der Waals surface area contributed by atoms with Crippen LogP contribution in [0.3, 0.4) is 0 Å². The SMILES string of the molecule is CC(C)CCC[C@@H](C)CCC[C@@H](C)CCCC(C)CCc1ccc(CO)c(CCC(C)CCC[C@H](C)CCC[C@H](C)CCCC(C)C)c1. The molecule has 0 heterocycles. The van der Waals surface area contributed by atoms with Crippen LogP contribution in [-0.2, 0) is 19.4 Å². The molecule has 1 aromatic carbocycles.